The van der Waals surface area contributed by atoms with E-state index >= 15 is 0 Å². The molecule has 0 atom stereocenters. The Labute approximate surface area is 85.9 Å². The normalized spacial score (nSPS) is 12.0. The van der Waals surface area contributed by atoms with Gasteiger partial charge in [0.05, 0.1) is 6.21 Å². The largest absolute Gasteiger partial charge is 0.367 e. The lowest BCUT2D eigenvalue weighted by molar-refractivity contribution is 0.232. The van der Waals surface area contributed by atoms with Gasteiger partial charge in [0.2, 0.25) is 5.96 Å². The first-order valence-electron chi connectivity index (χ1n) is 3.74. The molecule has 0 unspecified atom stereocenters. The SMILES string of the molecule is NC(=N/N=C/c1ccc(Cl)cc1)NO. The Morgan fingerprint density at radius 2 is 2.07 bits per heavy atom. The molecule has 5 nitrogen and oxygen atoms in total. The maximum absolute atomic E-state index is 8.27. The van der Waals surface area contributed by atoms with E-state index in [4.69, 9.17) is 22.5 Å². The molecule has 74 valence electrons. The number of hydrogen-bond donors (Lipinski definition) is 3. The minimum absolute atomic E-state index is 0.171. The fourth-order valence-electron chi connectivity index (χ4n) is 0.729. The van der Waals surface area contributed by atoms with Crippen molar-refractivity contribution in [3.63, 3.8) is 0 Å². The molecule has 6 heteroatoms. The van der Waals surface area contributed by atoms with Crippen molar-refractivity contribution >= 4 is 23.8 Å². The smallest absolute Gasteiger partial charge is 0.237 e. The Bertz CT molecular complexity index is 347. The molecule has 0 aliphatic carbocycles. The van der Waals surface area contributed by atoms with Gasteiger partial charge in [0.1, 0.15) is 0 Å². The van der Waals surface area contributed by atoms with Gasteiger partial charge in [-0.05, 0) is 17.7 Å². The number of guanidine groups is 1. The highest BCUT2D eigenvalue weighted by molar-refractivity contribution is 6.30. The highest BCUT2D eigenvalue weighted by Gasteiger charge is 1.88. The molecule has 0 aliphatic rings. The van der Waals surface area contributed by atoms with Crippen LogP contribution in [0.15, 0.2) is 34.5 Å². The molecule has 4 N–H and O–H groups in total. The minimum Gasteiger partial charge on any atom is -0.367 e. The molecule has 14 heavy (non-hydrogen) atoms. The van der Waals surface area contributed by atoms with Gasteiger partial charge in [0, 0.05) is 5.02 Å². The number of halogens is 1. The van der Waals surface area contributed by atoms with Crippen LogP contribution in [0.4, 0.5) is 0 Å². The van der Waals surface area contributed by atoms with Crippen LogP contribution in [-0.2, 0) is 0 Å². The van der Waals surface area contributed by atoms with Crippen LogP contribution in [0.25, 0.3) is 0 Å². The van der Waals surface area contributed by atoms with Crippen LogP contribution >= 0.6 is 11.6 Å². The van der Waals surface area contributed by atoms with E-state index in [2.05, 4.69) is 10.2 Å². The summed E-state index contributed by atoms with van der Waals surface area (Å²) in [6.45, 7) is 0. The lowest BCUT2D eigenvalue weighted by Crippen LogP contribution is -2.27. The second-order valence-electron chi connectivity index (χ2n) is 2.39. The predicted molar refractivity (Wildman–Crippen MR) is 55.6 cm³/mol. The van der Waals surface area contributed by atoms with E-state index in [-0.39, 0.29) is 5.96 Å². The van der Waals surface area contributed by atoms with Crippen molar-refractivity contribution in [1.82, 2.24) is 5.48 Å². The summed E-state index contributed by atoms with van der Waals surface area (Å²) >= 11 is 5.68. The molecule has 0 bridgehead atoms. The van der Waals surface area contributed by atoms with Crippen LogP contribution in [0.1, 0.15) is 5.56 Å². The number of hydrogen-bond acceptors (Lipinski definition) is 3. The molecule has 0 heterocycles. The molecule has 0 aliphatic heterocycles. The first-order chi connectivity index (χ1) is 6.72. The van der Waals surface area contributed by atoms with E-state index in [1.54, 1.807) is 29.7 Å². The molecule has 0 amide bonds. The quantitative estimate of drug-likeness (QED) is 0.388. The number of benzene rings is 1. The maximum Gasteiger partial charge on any atom is 0.237 e. The van der Waals surface area contributed by atoms with Crippen molar-refractivity contribution < 1.29 is 5.21 Å². The number of nitrogens with zero attached hydrogens (tertiary/aromatic N) is 2. The summed E-state index contributed by atoms with van der Waals surface area (Å²) in [5.41, 5.74) is 7.61. The van der Waals surface area contributed by atoms with Gasteiger partial charge in [-0.2, -0.15) is 5.10 Å². The monoisotopic (exact) mass is 212 g/mol. The zero-order chi connectivity index (χ0) is 10.4. The summed E-state index contributed by atoms with van der Waals surface area (Å²) in [5.74, 6) is -0.171. The fourth-order valence-corrected chi connectivity index (χ4v) is 0.855. The van der Waals surface area contributed by atoms with Crippen LogP contribution in [0.2, 0.25) is 5.02 Å². The minimum atomic E-state index is -0.171. The highest BCUT2D eigenvalue weighted by atomic mass is 35.5. The van der Waals surface area contributed by atoms with Gasteiger partial charge in [-0.1, -0.05) is 23.7 Å². The van der Waals surface area contributed by atoms with Crippen LogP contribution in [0.5, 0.6) is 0 Å². The summed E-state index contributed by atoms with van der Waals surface area (Å²) in [7, 11) is 0. The van der Waals surface area contributed by atoms with Crippen LogP contribution < -0.4 is 11.2 Å². The van der Waals surface area contributed by atoms with Gasteiger partial charge >= 0.3 is 0 Å². The van der Waals surface area contributed by atoms with Crippen LogP contribution in [-0.4, -0.2) is 17.4 Å². The lowest BCUT2D eigenvalue weighted by atomic mass is 10.2. The van der Waals surface area contributed by atoms with Gasteiger partial charge in [0.25, 0.3) is 0 Å². The summed E-state index contributed by atoms with van der Waals surface area (Å²) < 4.78 is 0. The van der Waals surface area contributed by atoms with Gasteiger partial charge < -0.3 is 5.73 Å². The molecular weight excluding hydrogens is 204 g/mol. The molecule has 1 aromatic rings. The van der Waals surface area contributed by atoms with Gasteiger partial charge in [-0.15, -0.1) is 5.10 Å². The first kappa shape index (κ1) is 10.5. The van der Waals surface area contributed by atoms with Crippen molar-refractivity contribution in [2.75, 3.05) is 0 Å². The van der Waals surface area contributed by atoms with E-state index in [9.17, 15) is 0 Å². The molecule has 1 rings (SSSR count). The maximum atomic E-state index is 8.27. The van der Waals surface area contributed by atoms with Gasteiger partial charge in [0.15, 0.2) is 0 Å². The second-order valence-corrected chi connectivity index (χ2v) is 2.83. The third-order valence-electron chi connectivity index (χ3n) is 1.36. The number of hydroxylamine groups is 1. The number of nitrogens with two attached hydrogens (primary N) is 1. The molecule has 0 aromatic heterocycles. The Morgan fingerprint density at radius 1 is 1.43 bits per heavy atom. The Hall–Kier alpha value is -1.59. The molecule has 0 spiro atoms. The number of rotatable bonds is 2. The zero-order valence-electron chi connectivity index (χ0n) is 7.18. The molecular formula is C8H9ClN4O. The molecule has 0 radical (unpaired) electrons. The highest BCUT2D eigenvalue weighted by Crippen LogP contribution is 2.07. The molecule has 0 fully saturated rings. The van der Waals surface area contributed by atoms with E-state index in [1.807, 2.05) is 0 Å². The van der Waals surface area contributed by atoms with Crippen LogP contribution in [0.3, 0.4) is 0 Å². The van der Waals surface area contributed by atoms with Gasteiger partial charge in [-0.25, -0.2) is 5.48 Å². The van der Waals surface area contributed by atoms with E-state index in [0.29, 0.717) is 5.02 Å². The van der Waals surface area contributed by atoms with Crippen molar-refractivity contribution in [2.45, 2.75) is 0 Å². The molecule has 0 saturated carbocycles. The fraction of sp³-hybridized carbons (Fsp3) is 0. The summed E-state index contributed by atoms with van der Waals surface area (Å²) in [5, 5.41) is 16.0. The second kappa shape index (κ2) is 5.21. The zero-order valence-corrected chi connectivity index (χ0v) is 7.94. The van der Waals surface area contributed by atoms with Crippen molar-refractivity contribution in [1.29, 1.82) is 0 Å². The Kier molecular flexibility index (Phi) is 3.90. The third kappa shape index (κ3) is 3.42. The summed E-state index contributed by atoms with van der Waals surface area (Å²) in [6, 6.07) is 7.04. The first-order valence-corrected chi connectivity index (χ1v) is 4.12. The summed E-state index contributed by atoms with van der Waals surface area (Å²) in [4.78, 5) is 0. The standard InChI is InChI=1S/C8H9ClN4O/c9-7-3-1-6(2-4-7)5-11-12-8(10)13-14/h1-5,14H,(H3,10,12,13)/b11-5+. The van der Waals surface area contributed by atoms with Crippen molar-refractivity contribution in [3.05, 3.63) is 34.9 Å². The average molecular weight is 213 g/mol. The molecule has 0 saturated heterocycles. The van der Waals surface area contributed by atoms with Crippen molar-refractivity contribution in [3.8, 4) is 0 Å². The third-order valence-corrected chi connectivity index (χ3v) is 1.61. The van der Waals surface area contributed by atoms with E-state index in [1.165, 1.54) is 6.21 Å². The van der Waals surface area contributed by atoms with Crippen LogP contribution in [0, 0.1) is 0 Å². The molecule has 1 aromatic carbocycles. The van der Waals surface area contributed by atoms with E-state index in [0.717, 1.165) is 5.56 Å². The van der Waals surface area contributed by atoms with Crippen molar-refractivity contribution in [2.24, 2.45) is 15.9 Å². The average Bonchev–Trinajstić information content (AvgIpc) is 2.21. The topological polar surface area (TPSA) is 83.0 Å². The van der Waals surface area contributed by atoms with Gasteiger partial charge in [-0.3, -0.25) is 5.21 Å². The Balaban J connectivity index is 2.65. The number of nitrogens with one attached hydrogen (secondary N) is 1. The predicted octanol–water partition coefficient (Wildman–Crippen LogP) is 0.967. The van der Waals surface area contributed by atoms with E-state index < -0.39 is 0 Å². The summed E-state index contributed by atoms with van der Waals surface area (Å²) in [6.07, 6.45) is 1.49. The lowest BCUT2D eigenvalue weighted by Gasteiger charge is -1.92. The Morgan fingerprint density at radius 3 is 2.64 bits per heavy atom.